The number of hydrogen-bond acceptors (Lipinski definition) is 3. The second-order valence-electron chi connectivity index (χ2n) is 6.53. The van der Waals surface area contributed by atoms with E-state index in [2.05, 4.69) is 10.6 Å². The van der Waals surface area contributed by atoms with Gasteiger partial charge < -0.3 is 15.4 Å². The molecule has 2 aliphatic rings. The van der Waals surface area contributed by atoms with Gasteiger partial charge in [0.15, 0.2) is 0 Å². The van der Waals surface area contributed by atoms with Crippen molar-refractivity contribution in [3.8, 4) is 0 Å². The average molecular weight is 362 g/mol. The fourth-order valence-corrected chi connectivity index (χ4v) is 3.17. The number of morpholine rings is 1. The van der Waals surface area contributed by atoms with E-state index in [9.17, 15) is 18.0 Å². The van der Waals surface area contributed by atoms with Gasteiger partial charge in [0.2, 0.25) is 0 Å². The summed E-state index contributed by atoms with van der Waals surface area (Å²) in [5.41, 5.74) is 1.42. The molecule has 2 heterocycles. The standard InChI is InChI=1S/C19H17F3N2O2/c20-19(21,22)14-7-1-11(2-8-14)9-24-18(25)13-5-3-12(4-6-13)17-16-15(26-17)10-23-16/h1-8,15-17,23H,9-10H2,(H,24,25)/t15?,16-,17+/m1/s1. The van der Waals surface area contributed by atoms with Gasteiger partial charge in [-0.3, -0.25) is 4.79 Å². The highest BCUT2D eigenvalue weighted by Crippen LogP contribution is 2.39. The largest absolute Gasteiger partial charge is 0.416 e. The summed E-state index contributed by atoms with van der Waals surface area (Å²) in [4.78, 5) is 12.2. The third-order valence-electron chi connectivity index (χ3n) is 4.84. The number of benzene rings is 2. The molecule has 2 aromatic carbocycles. The first-order valence-corrected chi connectivity index (χ1v) is 8.35. The minimum absolute atomic E-state index is 0.0398. The summed E-state index contributed by atoms with van der Waals surface area (Å²) in [5, 5.41) is 6.02. The predicted molar refractivity (Wildman–Crippen MR) is 88.5 cm³/mol. The van der Waals surface area contributed by atoms with Crippen molar-refractivity contribution < 1.29 is 22.7 Å². The Labute approximate surface area is 148 Å². The molecule has 2 aliphatic heterocycles. The number of ether oxygens (including phenoxy) is 1. The number of carbonyl (C=O) groups excluding carboxylic acids is 1. The van der Waals surface area contributed by atoms with E-state index in [0.717, 1.165) is 24.2 Å². The maximum atomic E-state index is 12.5. The van der Waals surface area contributed by atoms with Crippen LogP contribution in [-0.2, 0) is 17.5 Å². The van der Waals surface area contributed by atoms with Crippen molar-refractivity contribution in [2.24, 2.45) is 0 Å². The van der Waals surface area contributed by atoms with E-state index in [4.69, 9.17) is 4.74 Å². The first-order chi connectivity index (χ1) is 12.4. The highest BCUT2D eigenvalue weighted by molar-refractivity contribution is 5.94. The van der Waals surface area contributed by atoms with Crippen LogP contribution >= 0.6 is 0 Å². The molecule has 0 aromatic heterocycles. The van der Waals surface area contributed by atoms with E-state index in [1.807, 2.05) is 12.1 Å². The van der Waals surface area contributed by atoms with E-state index in [1.165, 1.54) is 12.1 Å². The Morgan fingerprint density at radius 2 is 1.81 bits per heavy atom. The number of rotatable bonds is 4. The number of carbonyl (C=O) groups is 1. The summed E-state index contributed by atoms with van der Waals surface area (Å²) >= 11 is 0. The zero-order valence-electron chi connectivity index (χ0n) is 13.7. The molecule has 136 valence electrons. The van der Waals surface area contributed by atoms with Gasteiger partial charge in [0.25, 0.3) is 5.91 Å². The van der Waals surface area contributed by atoms with Crippen LogP contribution in [0.2, 0.25) is 0 Å². The summed E-state index contributed by atoms with van der Waals surface area (Å²) in [6.45, 7) is 1.06. The van der Waals surface area contributed by atoms with Crippen LogP contribution < -0.4 is 10.6 Å². The minimum atomic E-state index is -4.36. The quantitative estimate of drug-likeness (QED) is 0.879. The molecule has 3 atom stereocenters. The summed E-state index contributed by atoms with van der Waals surface area (Å²) in [5.74, 6) is -0.273. The van der Waals surface area contributed by atoms with Crippen molar-refractivity contribution in [3.05, 3.63) is 70.8 Å². The summed E-state index contributed by atoms with van der Waals surface area (Å²) in [7, 11) is 0. The lowest BCUT2D eigenvalue weighted by molar-refractivity contribution is -0.203. The first-order valence-electron chi connectivity index (χ1n) is 8.35. The number of amides is 1. The van der Waals surface area contributed by atoms with Crippen LogP contribution in [0.3, 0.4) is 0 Å². The fourth-order valence-electron chi connectivity index (χ4n) is 3.17. The Kier molecular flexibility index (Phi) is 4.20. The van der Waals surface area contributed by atoms with Crippen molar-refractivity contribution in [2.45, 2.75) is 31.0 Å². The monoisotopic (exact) mass is 362 g/mol. The number of alkyl halides is 3. The highest BCUT2D eigenvalue weighted by atomic mass is 19.4. The van der Waals surface area contributed by atoms with Gasteiger partial charge >= 0.3 is 6.18 Å². The van der Waals surface area contributed by atoms with Crippen LogP contribution in [0.4, 0.5) is 13.2 Å². The van der Waals surface area contributed by atoms with Crippen molar-refractivity contribution in [2.75, 3.05) is 6.54 Å². The lowest BCUT2D eigenvalue weighted by Crippen LogP contribution is -2.69. The summed E-state index contributed by atoms with van der Waals surface area (Å²) in [6, 6.07) is 12.3. The predicted octanol–water partition coefficient (Wildman–Crippen LogP) is 3.05. The Bertz CT molecular complexity index is 803. The third-order valence-corrected chi connectivity index (χ3v) is 4.84. The molecule has 4 nitrogen and oxygen atoms in total. The van der Waals surface area contributed by atoms with Gasteiger partial charge in [-0.2, -0.15) is 13.2 Å². The molecule has 2 fully saturated rings. The van der Waals surface area contributed by atoms with Crippen LogP contribution in [0.1, 0.15) is 33.2 Å². The molecule has 0 bridgehead atoms. The minimum Gasteiger partial charge on any atom is -0.365 e. The Morgan fingerprint density at radius 3 is 2.31 bits per heavy atom. The smallest absolute Gasteiger partial charge is 0.365 e. The number of nitrogens with one attached hydrogen (secondary N) is 2. The Hall–Kier alpha value is -2.38. The van der Waals surface area contributed by atoms with Crippen LogP contribution in [0.15, 0.2) is 48.5 Å². The Balaban J connectivity index is 1.33. The molecule has 7 heteroatoms. The lowest BCUT2D eigenvalue weighted by atomic mass is 9.86. The molecule has 0 radical (unpaired) electrons. The second kappa shape index (κ2) is 6.41. The van der Waals surface area contributed by atoms with Gasteiger partial charge in [-0.25, -0.2) is 0 Å². The van der Waals surface area contributed by atoms with Crippen molar-refractivity contribution in [1.82, 2.24) is 10.6 Å². The van der Waals surface area contributed by atoms with Crippen LogP contribution in [0, 0.1) is 0 Å². The molecule has 0 aliphatic carbocycles. The molecule has 0 spiro atoms. The molecule has 2 saturated heterocycles. The Morgan fingerprint density at radius 1 is 1.12 bits per heavy atom. The van der Waals surface area contributed by atoms with E-state index in [0.29, 0.717) is 23.3 Å². The van der Waals surface area contributed by atoms with Gasteiger partial charge in [0.1, 0.15) is 6.10 Å². The maximum absolute atomic E-state index is 12.5. The van der Waals surface area contributed by atoms with Gasteiger partial charge in [-0.15, -0.1) is 0 Å². The third kappa shape index (κ3) is 3.20. The molecule has 2 aromatic rings. The summed E-state index contributed by atoms with van der Waals surface area (Å²) < 4.78 is 43.3. The average Bonchev–Trinajstić information content (AvgIpc) is 2.62. The van der Waals surface area contributed by atoms with Crippen molar-refractivity contribution in [3.63, 3.8) is 0 Å². The van der Waals surface area contributed by atoms with Crippen LogP contribution in [0.25, 0.3) is 0 Å². The molecule has 0 saturated carbocycles. The zero-order valence-corrected chi connectivity index (χ0v) is 13.7. The van der Waals surface area contributed by atoms with Gasteiger partial charge in [0.05, 0.1) is 17.7 Å². The molecule has 2 N–H and O–H groups in total. The van der Waals surface area contributed by atoms with Gasteiger partial charge in [-0.05, 0) is 35.4 Å². The zero-order chi connectivity index (χ0) is 18.3. The van der Waals surface area contributed by atoms with Gasteiger partial charge in [-0.1, -0.05) is 24.3 Å². The number of halogens is 3. The van der Waals surface area contributed by atoms with Crippen molar-refractivity contribution >= 4 is 5.91 Å². The topological polar surface area (TPSA) is 50.4 Å². The normalized spacial score (nSPS) is 24.2. The van der Waals surface area contributed by atoms with Crippen molar-refractivity contribution in [1.29, 1.82) is 0 Å². The molecule has 4 rings (SSSR count). The highest BCUT2D eigenvalue weighted by Gasteiger charge is 2.49. The first kappa shape index (κ1) is 17.1. The lowest BCUT2D eigenvalue weighted by Gasteiger charge is -2.53. The molecular formula is C19H17F3N2O2. The number of hydrogen-bond donors (Lipinski definition) is 2. The SMILES string of the molecule is O=C(NCc1ccc(C(F)(F)F)cc1)c1ccc([C@@H]2OC3CN[C@H]32)cc1. The molecular weight excluding hydrogens is 345 g/mol. The van der Waals surface area contributed by atoms with Crippen LogP contribution in [0.5, 0.6) is 0 Å². The molecule has 1 unspecified atom stereocenters. The number of fused-ring (bicyclic) bond motifs is 1. The second-order valence-corrected chi connectivity index (χ2v) is 6.53. The van der Waals surface area contributed by atoms with E-state index in [1.54, 1.807) is 12.1 Å². The fraction of sp³-hybridized carbons (Fsp3) is 0.316. The molecule has 26 heavy (non-hydrogen) atoms. The van der Waals surface area contributed by atoms with E-state index >= 15 is 0 Å². The van der Waals surface area contributed by atoms with Crippen LogP contribution in [-0.4, -0.2) is 24.6 Å². The molecule has 1 amide bonds. The summed E-state index contributed by atoms with van der Waals surface area (Å²) in [6.07, 6.45) is -4.01. The van der Waals surface area contributed by atoms with E-state index < -0.39 is 11.7 Å². The maximum Gasteiger partial charge on any atom is 0.416 e. The van der Waals surface area contributed by atoms with Gasteiger partial charge in [0, 0.05) is 18.7 Å². The van der Waals surface area contributed by atoms with E-state index in [-0.39, 0.29) is 18.6 Å².